The Morgan fingerprint density at radius 2 is 1.16 bits per heavy atom. The first kappa shape index (κ1) is 28.8. The molecule has 0 spiro atoms. The monoisotopic (exact) mass is 635 g/mol. The zero-order valence-corrected chi connectivity index (χ0v) is 26.7. The minimum atomic E-state index is 0.527. The molecule has 9 rings (SSSR count). The smallest absolute Gasteiger partial charge is 0.189 e. The van der Waals surface area contributed by atoms with Gasteiger partial charge < -0.3 is 9.13 Å². The predicted octanol–water partition coefficient (Wildman–Crippen LogP) is 11.5. The van der Waals surface area contributed by atoms with Crippen LogP contribution < -0.4 is 0 Å². The lowest BCUT2D eigenvalue weighted by molar-refractivity contribution is 1.18. The topological polar surface area (TPSA) is 61.8 Å². The molecule has 9 aromatic rings. The van der Waals surface area contributed by atoms with Gasteiger partial charge in [-0.25, -0.2) is 4.85 Å². The largest absolute Gasteiger partial charge is 0.310 e. The number of para-hydroxylation sites is 3. The van der Waals surface area contributed by atoms with Gasteiger partial charge in [-0.2, -0.15) is 10.5 Å². The first-order valence-electron chi connectivity index (χ1n) is 16.3. The lowest BCUT2D eigenvalue weighted by Gasteiger charge is -2.18. The van der Waals surface area contributed by atoms with E-state index in [-0.39, 0.29) is 0 Å². The third-order valence-electron chi connectivity index (χ3n) is 9.58. The second-order valence-electron chi connectivity index (χ2n) is 12.3. The van der Waals surface area contributed by atoms with E-state index in [2.05, 4.69) is 98.9 Å². The highest BCUT2D eigenvalue weighted by Crippen LogP contribution is 2.42. The standard InChI is InChI=1S/C45H25N5/c1-48-32-24-31(25-33(26-32)49-42-19-9-6-16-38(42)45-30(28-47)11-10-20-44(45)49)34-12-2-3-13-35(34)36-14-4-7-17-40(36)50-41-18-8-5-15-37(41)39-23-29(27-46)21-22-43(39)50/h2-26H. The second kappa shape index (κ2) is 11.4. The van der Waals surface area contributed by atoms with Crippen molar-refractivity contribution in [2.45, 2.75) is 0 Å². The van der Waals surface area contributed by atoms with E-state index >= 15 is 0 Å². The maximum absolute atomic E-state index is 10.0. The highest BCUT2D eigenvalue weighted by molar-refractivity contribution is 6.12. The third kappa shape index (κ3) is 4.31. The van der Waals surface area contributed by atoms with Crippen LogP contribution in [0.3, 0.4) is 0 Å². The molecular formula is C45H25N5. The van der Waals surface area contributed by atoms with Crippen LogP contribution in [0.1, 0.15) is 11.1 Å². The third-order valence-corrected chi connectivity index (χ3v) is 9.58. The number of hydrogen-bond acceptors (Lipinski definition) is 2. The zero-order chi connectivity index (χ0) is 33.8. The van der Waals surface area contributed by atoms with E-state index in [0.717, 1.165) is 77.2 Å². The molecule has 0 bridgehead atoms. The fraction of sp³-hybridized carbons (Fsp3) is 0. The fourth-order valence-electron chi connectivity index (χ4n) is 7.50. The summed E-state index contributed by atoms with van der Waals surface area (Å²) in [6.45, 7) is 8.09. The molecule has 0 atom stereocenters. The molecule has 0 saturated carbocycles. The molecule has 5 heteroatoms. The second-order valence-corrected chi connectivity index (χ2v) is 12.3. The Bertz CT molecular complexity index is 2970. The van der Waals surface area contributed by atoms with Crippen molar-refractivity contribution in [3.8, 4) is 45.8 Å². The SMILES string of the molecule is [C-]#[N+]c1cc(-c2ccccc2-c2ccccc2-n2c3ccccc3c3cc(C#N)ccc32)cc(-n2c3ccccc3c3c(C#N)cccc32)c1. The molecule has 0 aliphatic heterocycles. The Kier molecular flexibility index (Phi) is 6.56. The zero-order valence-electron chi connectivity index (χ0n) is 26.7. The number of fused-ring (bicyclic) bond motifs is 6. The average Bonchev–Trinajstić information content (AvgIpc) is 3.70. The van der Waals surface area contributed by atoms with Crippen LogP contribution in [0.15, 0.2) is 152 Å². The van der Waals surface area contributed by atoms with Crippen LogP contribution >= 0.6 is 0 Å². The normalized spacial score (nSPS) is 11.1. The quantitative estimate of drug-likeness (QED) is 0.181. The van der Waals surface area contributed by atoms with Crippen molar-refractivity contribution in [2.75, 3.05) is 0 Å². The van der Waals surface area contributed by atoms with Gasteiger partial charge in [-0.3, -0.25) is 0 Å². The van der Waals surface area contributed by atoms with Crippen molar-refractivity contribution >= 4 is 49.3 Å². The van der Waals surface area contributed by atoms with Crippen LogP contribution in [0.5, 0.6) is 0 Å². The van der Waals surface area contributed by atoms with Gasteiger partial charge >= 0.3 is 0 Å². The van der Waals surface area contributed by atoms with E-state index in [1.54, 1.807) is 0 Å². The van der Waals surface area contributed by atoms with E-state index in [4.69, 9.17) is 6.57 Å². The number of nitrogens with zero attached hydrogens (tertiary/aromatic N) is 5. The Morgan fingerprint density at radius 3 is 1.94 bits per heavy atom. The maximum atomic E-state index is 10.0. The number of benzene rings is 7. The summed E-state index contributed by atoms with van der Waals surface area (Å²) in [5.41, 5.74) is 11.6. The number of nitriles is 2. The van der Waals surface area contributed by atoms with E-state index in [0.29, 0.717) is 16.8 Å². The van der Waals surface area contributed by atoms with E-state index in [1.807, 2.05) is 78.9 Å². The molecule has 0 aliphatic rings. The van der Waals surface area contributed by atoms with Crippen molar-refractivity contribution in [1.29, 1.82) is 10.5 Å². The van der Waals surface area contributed by atoms with Crippen LogP contribution in [0.2, 0.25) is 0 Å². The summed E-state index contributed by atoms with van der Waals surface area (Å²) in [6.07, 6.45) is 0. The maximum Gasteiger partial charge on any atom is 0.189 e. The molecule has 0 unspecified atom stereocenters. The van der Waals surface area contributed by atoms with E-state index in [1.165, 1.54) is 0 Å². The van der Waals surface area contributed by atoms with Crippen LogP contribution in [0.4, 0.5) is 5.69 Å². The lowest BCUT2D eigenvalue weighted by atomic mass is 9.93. The van der Waals surface area contributed by atoms with Crippen molar-refractivity contribution in [3.05, 3.63) is 174 Å². The first-order chi connectivity index (χ1) is 24.7. The van der Waals surface area contributed by atoms with Crippen molar-refractivity contribution in [3.63, 3.8) is 0 Å². The van der Waals surface area contributed by atoms with E-state index < -0.39 is 0 Å². The highest BCUT2D eigenvalue weighted by Gasteiger charge is 2.20. The minimum Gasteiger partial charge on any atom is -0.310 e. The van der Waals surface area contributed by atoms with Gasteiger partial charge in [0.25, 0.3) is 0 Å². The van der Waals surface area contributed by atoms with Gasteiger partial charge in [-0.1, -0.05) is 84.9 Å². The molecule has 5 nitrogen and oxygen atoms in total. The summed E-state index contributed by atoms with van der Waals surface area (Å²) in [4.78, 5) is 3.92. The summed E-state index contributed by atoms with van der Waals surface area (Å²) in [5, 5.41) is 23.7. The predicted molar refractivity (Wildman–Crippen MR) is 202 cm³/mol. The van der Waals surface area contributed by atoms with Gasteiger partial charge in [0.05, 0.1) is 57.6 Å². The fourth-order valence-corrected chi connectivity index (χ4v) is 7.50. The number of aromatic nitrogens is 2. The molecule has 0 radical (unpaired) electrons. The molecule has 0 fully saturated rings. The molecule has 50 heavy (non-hydrogen) atoms. The summed E-state index contributed by atoms with van der Waals surface area (Å²) in [5.74, 6) is 0. The molecule has 2 heterocycles. The average molecular weight is 636 g/mol. The van der Waals surface area contributed by atoms with Crippen LogP contribution in [0.25, 0.3) is 82.1 Å². The molecule has 230 valence electrons. The van der Waals surface area contributed by atoms with Gasteiger partial charge in [0.15, 0.2) is 5.69 Å². The Labute approximate surface area is 288 Å². The van der Waals surface area contributed by atoms with Gasteiger partial charge in [-0.15, -0.1) is 0 Å². The minimum absolute atomic E-state index is 0.527. The molecular weight excluding hydrogens is 611 g/mol. The molecule has 7 aromatic carbocycles. The van der Waals surface area contributed by atoms with Gasteiger partial charge in [-0.05, 0) is 83.4 Å². The molecule has 0 N–H and O–H groups in total. The van der Waals surface area contributed by atoms with Crippen molar-refractivity contribution < 1.29 is 0 Å². The van der Waals surface area contributed by atoms with Crippen LogP contribution in [0, 0.1) is 29.2 Å². The van der Waals surface area contributed by atoms with Gasteiger partial charge in [0.2, 0.25) is 0 Å². The summed E-state index contributed by atoms with van der Waals surface area (Å²) >= 11 is 0. The Hall–Kier alpha value is -7.39. The van der Waals surface area contributed by atoms with Gasteiger partial charge in [0.1, 0.15) is 0 Å². The summed E-state index contributed by atoms with van der Waals surface area (Å²) in [7, 11) is 0. The Balaban J connectivity index is 1.29. The highest BCUT2D eigenvalue weighted by atomic mass is 15.0. The molecule has 0 aliphatic carbocycles. The molecule has 2 aromatic heterocycles. The van der Waals surface area contributed by atoms with Crippen molar-refractivity contribution in [1.82, 2.24) is 9.13 Å². The van der Waals surface area contributed by atoms with Crippen LogP contribution in [-0.4, -0.2) is 9.13 Å². The number of rotatable bonds is 4. The van der Waals surface area contributed by atoms with Crippen LogP contribution in [-0.2, 0) is 0 Å². The first-order valence-corrected chi connectivity index (χ1v) is 16.3. The summed E-state index contributed by atoms with van der Waals surface area (Å²) in [6, 6.07) is 55.6. The summed E-state index contributed by atoms with van der Waals surface area (Å²) < 4.78 is 4.44. The molecule has 0 saturated heterocycles. The Morgan fingerprint density at radius 1 is 0.500 bits per heavy atom. The number of hydrogen-bond donors (Lipinski definition) is 0. The van der Waals surface area contributed by atoms with E-state index in [9.17, 15) is 10.5 Å². The van der Waals surface area contributed by atoms with Gasteiger partial charge in [0, 0.05) is 32.8 Å². The van der Waals surface area contributed by atoms with Crippen molar-refractivity contribution in [2.24, 2.45) is 0 Å². The lowest BCUT2D eigenvalue weighted by Crippen LogP contribution is -1.98. The molecule has 0 amide bonds.